The van der Waals surface area contributed by atoms with Gasteiger partial charge in [0.25, 0.3) is 0 Å². The van der Waals surface area contributed by atoms with E-state index in [1.54, 1.807) is 0 Å². The Balaban J connectivity index is 2.06. The molecule has 0 amide bonds. The van der Waals surface area contributed by atoms with Crippen LogP contribution in [0.3, 0.4) is 0 Å². The molecular formula is C22H42O3. The zero-order valence-corrected chi connectivity index (χ0v) is 16.8. The van der Waals surface area contributed by atoms with Crippen molar-refractivity contribution < 1.29 is 14.6 Å². The van der Waals surface area contributed by atoms with Gasteiger partial charge in [-0.05, 0) is 19.3 Å². The summed E-state index contributed by atoms with van der Waals surface area (Å²) in [5.41, 5.74) is 0. The van der Waals surface area contributed by atoms with Crippen LogP contribution in [0.25, 0.3) is 0 Å². The normalized spacial score (nSPS) is 23.6. The number of carbonyl (C=O) groups excluding carboxylic acids is 1. The van der Waals surface area contributed by atoms with E-state index < -0.39 is 6.10 Å². The summed E-state index contributed by atoms with van der Waals surface area (Å²) in [6.45, 7) is 4.43. The molecule has 1 N–H and O–H groups in total. The molecule has 1 fully saturated rings. The van der Waals surface area contributed by atoms with E-state index in [1.807, 2.05) is 0 Å². The smallest absolute Gasteiger partial charge is 0.311 e. The van der Waals surface area contributed by atoms with E-state index in [0.717, 1.165) is 32.1 Å². The molecule has 0 aliphatic carbocycles. The van der Waals surface area contributed by atoms with Crippen LogP contribution < -0.4 is 0 Å². The summed E-state index contributed by atoms with van der Waals surface area (Å²) in [5.74, 6) is -0.438. The lowest BCUT2D eigenvalue weighted by atomic mass is 9.88. The van der Waals surface area contributed by atoms with Crippen molar-refractivity contribution in [2.45, 2.75) is 129 Å². The molecule has 0 aromatic rings. The van der Waals surface area contributed by atoms with E-state index in [-0.39, 0.29) is 18.0 Å². The molecule has 148 valence electrons. The minimum atomic E-state index is -0.494. The number of cyclic esters (lactones) is 1. The highest BCUT2D eigenvalue weighted by Gasteiger charge is 2.36. The molecule has 3 atom stereocenters. The van der Waals surface area contributed by atoms with Gasteiger partial charge in [-0.3, -0.25) is 4.79 Å². The maximum Gasteiger partial charge on any atom is 0.311 e. The molecule has 1 aliphatic rings. The Morgan fingerprint density at radius 1 is 0.800 bits per heavy atom. The average molecular weight is 355 g/mol. The van der Waals surface area contributed by atoms with Crippen LogP contribution in [0.1, 0.15) is 117 Å². The second kappa shape index (κ2) is 14.6. The van der Waals surface area contributed by atoms with Gasteiger partial charge >= 0.3 is 5.97 Å². The van der Waals surface area contributed by atoms with Gasteiger partial charge in [0.2, 0.25) is 0 Å². The summed E-state index contributed by atoms with van der Waals surface area (Å²) in [5, 5.41) is 10.3. The molecular weight excluding hydrogens is 312 g/mol. The molecule has 0 aromatic carbocycles. The molecule has 1 saturated heterocycles. The predicted molar refractivity (Wildman–Crippen MR) is 105 cm³/mol. The fourth-order valence-corrected chi connectivity index (χ4v) is 3.85. The quantitative estimate of drug-likeness (QED) is 0.282. The van der Waals surface area contributed by atoms with E-state index in [2.05, 4.69) is 13.8 Å². The van der Waals surface area contributed by atoms with Crippen molar-refractivity contribution in [1.29, 1.82) is 0 Å². The van der Waals surface area contributed by atoms with Gasteiger partial charge in [0, 0.05) is 6.42 Å². The Labute approximate surface area is 155 Å². The lowest BCUT2D eigenvalue weighted by Crippen LogP contribution is -2.41. The van der Waals surface area contributed by atoms with E-state index in [9.17, 15) is 9.90 Å². The van der Waals surface area contributed by atoms with Crippen LogP contribution in [0.4, 0.5) is 0 Å². The summed E-state index contributed by atoms with van der Waals surface area (Å²) in [7, 11) is 0. The number of ether oxygens (including phenoxy) is 1. The lowest BCUT2D eigenvalue weighted by Gasteiger charge is -2.32. The number of esters is 1. The molecule has 0 aromatic heterocycles. The van der Waals surface area contributed by atoms with Gasteiger partial charge in [0.05, 0.1) is 12.0 Å². The number of hydrogen-bond donors (Lipinski definition) is 1. The third-order valence-electron chi connectivity index (χ3n) is 5.55. The lowest BCUT2D eigenvalue weighted by molar-refractivity contribution is -0.170. The summed E-state index contributed by atoms with van der Waals surface area (Å²) < 4.78 is 5.60. The van der Waals surface area contributed by atoms with Gasteiger partial charge in [-0.25, -0.2) is 0 Å². The first-order valence-corrected chi connectivity index (χ1v) is 11.1. The Kier molecular flexibility index (Phi) is 13.1. The summed E-state index contributed by atoms with van der Waals surface area (Å²) in [6.07, 6.45) is 18.1. The van der Waals surface area contributed by atoms with Crippen molar-refractivity contribution in [3.05, 3.63) is 0 Å². The maximum atomic E-state index is 12.2. The molecule has 25 heavy (non-hydrogen) atoms. The number of carbonyl (C=O) groups is 1. The van der Waals surface area contributed by atoms with Gasteiger partial charge in [0.1, 0.15) is 6.10 Å². The zero-order chi connectivity index (χ0) is 18.3. The highest BCUT2D eigenvalue weighted by atomic mass is 16.5. The number of hydrogen-bond acceptors (Lipinski definition) is 3. The first-order chi connectivity index (χ1) is 12.2. The van der Waals surface area contributed by atoms with Crippen molar-refractivity contribution in [3.63, 3.8) is 0 Å². The molecule has 3 nitrogen and oxygen atoms in total. The molecule has 1 rings (SSSR count). The van der Waals surface area contributed by atoms with E-state index in [4.69, 9.17) is 4.74 Å². The van der Waals surface area contributed by atoms with Crippen molar-refractivity contribution >= 4 is 5.97 Å². The van der Waals surface area contributed by atoms with Crippen LogP contribution >= 0.6 is 0 Å². The van der Waals surface area contributed by atoms with Crippen molar-refractivity contribution in [1.82, 2.24) is 0 Å². The van der Waals surface area contributed by atoms with Gasteiger partial charge in [-0.15, -0.1) is 0 Å². The highest BCUT2D eigenvalue weighted by molar-refractivity contribution is 5.74. The number of rotatable bonds is 15. The summed E-state index contributed by atoms with van der Waals surface area (Å²) >= 11 is 0. The minimum Gasteiger partial charge on any atom is -0.462 e. The van der Waals surface area contributed by atoms with Crippen molar-refractivity contribution in [2.75, 3.05) is 0 Å². The van der Waals surface area contributed by atoms with Crippen LogP contribution in [0, 0.1) is 5.92 Å². The number of aliphatic hydroxyl groups excluding tert-OH is 1. The first-order valence-electron chi connectivity index (χ1n) is 11.1. The third-order valence-corrected chi connectivity index (χ3v) is 5.55. The van der Waals surface area contributed by atoms with Crippen LogP contribution in [-0.4, -0.2) is 23.3 Å². The molecule has 0 spiro atoms. The van der Waals surface area contributed by atoms with E-state index >= 15 is 0 Å². The van der Waals surface area contributed by atoms with Gasteiger partial charge in [-0.1, -0.05) is 90.9 Å². The van der Waals surface area contributed by atoms with Crippen molar-refractivity contribution in [2.24, 2.45) is 5.92 Å². The molecule has 1 heterocycles. The van der Waals surface area contributed by atoms with E-state index in [1.165, 1.54) is 64.2 Å². The molecule has 1 aliphatic heterocycles. The predicted octanol–water partition coefficient (Wildman–Crippen LogP) is 6.17. The third kappa shape index (κ3) is 10.2. The SMILES string of the molecule is CCCCCCCCCCC[C@@H]1C[C@@H](O)C(CCCCCC)C(=O)O1. The highest BCUT2D eigenvalue weighted by Crippen LogP contribution is 2.28. The standard InChI is InChI=1S/C22H42O3/c1-3-5-7-9-10-11-12-13-14-16-19-18-21(23)20(22(24)25-19)17-15-8-6-4-2/h19-21,23H,3-18H2,1-2H3/t19-,20?,21-/m1/s1. The number of unbranched alkanes of at least 4 members (excludes halogenated alkanes) is 11. The Morgan fingerprint density at radius 2 is 1.28 bits per heavy atom. The molecule has 1 unspecified atom stereocenters. The topological polar surface area (TPSA) is 46.5 Å². The molecule has 3 heteroatoms. The summed E-state index contributed by atoms with van der Waals surface area (Å²) in [4.78, 5) is 12.2. The first kappa shape index (κ1) is 22.5. The van der Waals surface area contributed by atoms with Crippen LogP contribution in [0.2, 0.25) is 0 Å². The molecule has 0 radical (unpaired) electrons. The Hall–Kier alpha value is -0.570. The van der Waals surface area contributed by atoms with Crippen LogP contribution in [0.5, 0.6) is 0 Å². The summed E-state index contributed by atoms with van der Waals surface area (Å²) in [6, 6.07) is 0. The average Bonchev–Trinajstić information content (AvgIpc) is 2.59. The van der Waals surface area contributed by atoms with Gasteiger partial charge in [-0.2, -0.15) is 0 Å². The van der Waals surface area contributed by atoms with Gasteiger partial charge < -0.3 is 9.84 Å². The van der Waals surface area contributed by atoms with Gasteiger partial charge in [0.15, 0.2) is 0 Å². The van der Waals surface area contributed by atoms with Crippen molar-refractivity contribution in [3.8, 4) is 0 Å². The fourth-order valence-electron chi connectivity index (χ4n) is 3.85. The second-order valence-corrected chi connectivity index (χ2v) is 7.93. The van der Waals surface area contributed by atoms with Crippen LogP contribution in [-0.2, 0) is 9.53 Å². The molecule has 0 bridgehead atoms. The van der Waals surface area contributed by atoms with E-state index in [0.29, 0.717) is 6.42 Å². The fraction of sp³-hybridized carbons (Fsp3) is 0.955. The van der Waals surface area contributed by atoms with Crippen LogP contribution in [0.15, 0.2) is 0 Å². The monoisotopic (exact) mass is 354 g/mol. The largest absolute Gasteiger partial charge is 0.462 e. The molecule has 0 saturated carbocycles. The Morgan fingerprint density at radius 3 is 1.84 bits per heavy atom. The minimum absolute atomic E-state index is 0.0565. The Bertz CT molecular complexity index is 329. The maximum absolute atomic E-state index is 12.2. The zero-order valence-electron chi connectivity index (χ0n) is 16.8. The second-order valence-electron chi connectivity index (χ2n) is 7.93. The number of aliphatic hydroxyl groups is 1.